The molecule has 22 heavy (non-hydrogen) atoms. The van der Waals surface area contributed by atoms with Gasteiger partial charge in [-0.25, -0.2) is 4.79 Å². The van der Waals surface area contributed by atoms with Crippen molar-refractivity contribution in [3.8, 4) is 0 Å². The molecular weight excluding hydrogens is 300 g/mol. The van der Waals surface area contributed by atoms with E-state index in [1.54, 1.807) is 25.1 Å². The van der Waals surface area contributed by atoms with E-state index < -0.39 is 5.63 Å². The third-order valence-electron chi connectivity index (χ3n) is 3.25. The molecule has 0 amide bonds. The Bertz CT molecular complexity index is 916. The van der Waals surface area contributed by atoms with Crippen LogP contribution in [0.15, 0.2) is 68.9 Å². The number of para-hydroxylation sites is 2. The second kappa shape index (κ2) is 6.03. The van der Waals surface area contributed by atoms with Gasteiger partial charge in [-0.1, -0.05) is 41.9 Å². The van der Waals surface area contributed by atoms with Gasteiger partial charge in [0.2, 0.25) is 0 Å². The summed E-state index contributed by atoms with van der Waals surface area (Å²) in [6, 6.07) is 16.4. The number of rotatable bonds is 3. The highest BCUT2D eigenvalue weighted by Crippen LogP contribution is 2.20. The number of nitrogens with zero attached hydrogens (tertiary/aromatic N) is 1. The summed E-state index contributed by atoms with van der Waals surface area (Å²) < 4.78 is 5.30. The van der Waals surface area contributed by atoms with Crippen LogP contribution in [0.5, 0.6) is 0 Å². The molecule has 1 heterocycles. The molecular formula is C17H13ClN2O2. The second-order valence-electron chi connectivity index (χ2n) is 4.77. The molecule has 0 unspecified atom stereocenters. The van der Waals surface area contributed by atoms with Crippen LogP contribution in [-0.4, -0.2) is 5.71 Å². The van der Waals surface area contributed by atoms with Crippen molar-refractivity contribution in [2.75, 3.05) is 5.43 Å². The fraction of sp³-hybridized carbons (Fsp3) is 0.0588. The zero-order valence-electron chi connectivity index (χ0n) is 11.8. The summed E-state index contributed by atoms with van der Waals surface area (Å²) in [4.78, 5) is 12.1. The zero-order valence-corrected chi connectivity index (χ0v) is 12.6. The molecule has 2 aromatic carbocycles. The van der Waals surface area contributed by atoms with E-state index in [2.05, 4.69) is 10.5 Å². The minimum Gasteiger partial charge on any atom is -0.422 e. The van der Waals surface area contributed by atoms with E-state index in [4.69, 9.17) is 16.0 Å². The predicted octanol–water partition coefficient (Wildman–Crippen LogP) is 4.28. The van der Waals surface area contributed by atoms with Crippen LogP contribution in [0.4, 0.5) is 5.69 Å². The Balaban J connectivity index is 1.96. The van der Waals surface area contributed by atoms with Gasteiger partial charge < -0.3 is 4.42 Å². The number of hydrogen-bond acceptors (Lipinski definition) is 4. The maximum atomic E-state index is 12.1. The van der Waals surface area contributed by atoms with Crippen LogP contribution < -0.4 is 11.1 Å². The molecule has 4 nitrogen and oxygen atoms in total. The van der Waals surface area contributed by atoms with E-state index in [1.807, 2.05) is 36.4 Å². The van der Waals surface area contributed by atoms with Gasteiger partial charge in [0.25, 0.3) is 0 Å². The maximum Gasteiger partial charge on any atom is 0.345 e. The molecule has 0 saturated carbocycles. The van der Waals surface area contributed by atoms with Crippen molar-refractivity contribution in [3.63, 3.8) is 0 Å². The molecule has 0 aliphatic heterocycles. The van der Waals surface area contributed by atoms with Crippen molar-refractivity contribution in [1.82, 2.24) is 0 Å². The van der Waals surface area contributed by atoms with E-state index in [0.717, 1.165) is 5.39 Å². The van der Waals surface area contributed by atoms with Gasteiger partial charge in [-0.3, -0.25) is 5.43 Å². The topological polar surface area (TPSA) is 54.6 Å². The molecule has 0 atom stereocenters. The monoisotopic (exact) mass is 312 g/mol. The normalized spacial score (nSPS) is 11.6. The largest absolute Gasteiger partial charge is 0.422 e. The first-order valence-corrected chi connectivity index (χ1v) is 7.11. The number of benzene rings is 2. The fourth-order valence-corrected chi connectivity index (χ4v) is 2.25. The molecule has 0 radical (unpaired) electrons. The first-order valence-electron chi connectivity index (χ1n) is 6.73. The minimum absolute atomic E-state index is 0.415. The summed E-state index contributed by atoms with van der Waals surface area (Å²) >= 11 is 6.05. The van der Waals surface area contributed by atoms with Gasteiger partial charge in [0, 0.05) is 5.39 Å². The standard InChI is InChI=1S/C17H13ClN2O2/c1-11(19-20-15-8-4-3-7-14(15)18)13-10-12-6-2-5-9-16(12)22-17(13)21/h2-10,20H,1H3/b19-11-. The van der Waals surface area contributed by atoms with Crippen molar-refractivity contribution in [3.05, 3.63) is 75.6 Å². The smallest absolute Gasteiger partial charge is 0.345 e. The summed E-state index contributed by atoms with van der Waals surface area (Å²) in [6.07, 6.45) is 0. The summed E-state index contributed by atoms with van der Waals surface area (Å²) in [5.41, 5.74) is 4.62. The van der Waals surface area contributed by atoms with Gasteiger partial charge in [-0.05, 0) is 31.2 Å². The summed E-state index contributed by atoms with van der Waals surface area (Å²) in [7, 11) is 0. The lowest BCUT2D eigenvalue weighted by atomic mass is 10.1. The third kappa shape index (κ3) is 2.87. The van der Waals surface area contributed by atoms with Crippen LogP contribution >= 0.6 is 11.6 Å². The third-order valence-corrected chi connectivity index (χ3v) is 3.58. The van der Waals surface area contributed by atoms with Crippen LogP contribution in [0.25, 0.3) is 11.0 Å². The van der Waals surface area contributed by atoms with Gasteiger partial charge in [0.1, 0.15) is 5.58 Å². The molecule has 3 aromatic rings. The van der Waals surface area contributed by atoms with E-state index in [-0.39, 0.29) is 0 Å². The average Bonchev–Trinajstić information content (AvgIpc) is 2.53. The molecule has 1 N–H and O–H groups in total. The highest BCUT2D eigenvalue weighted by Gasteiger charge is 2.08. The molecule has 0 saturated heterocycles. The summed E-state index contributed by atoms with van der Waals surface area (Å²) in [6.45, 7) is 1.74. The molecule has 0 aliphatic carbocycles. The second-order valence-corrected chi connectivity index (χ2v) is 5.18. The Hall–Kier alpha value is -2.59. The Labute approximate surface area is 132 Å². The molecule has 1 aromatic heterocycles. The van der Waals surface area contributed by atoms with E-state index in [1.165, 1.54) is 0 Å². The summed E-state index contributed by atoms with van der Waals surface area (Å²) in [5, 5.41) is 5.63. The Kier molecular flexibility index (Phi) is 3.94. The highest BCUT2D eigenvalue weighted by molar-refractivity contribution is 6.33. The van der Waals surface area contributed by atoms with Gasteiger partial charge in [-0.15, -0.1) is 0 Å². The predicted molar refractivity (Wildman–Crippen MR) is 89.8 cm³/mol. The molecule has 0 fully saturated rings. The van der Waals surface area contributed by atoms with Crippen LogP contribution in [0.2, 0.25) is 5.02 Å². The Morgan fingerprint density at radius 2 is 1.86 bits per heavy atom. The van der Waals surface area contributed by atoms with E-state index in [9.17, 15) is 4.79 Å². The van der Waals surface area contributed by atoms with Crippen LogP contribution in [-0.2, 0) is 0 Å². The molecule has 0 spiro atoms. The van der Waals surface area contributed by atoms with Crippen LogP contribution in [0.1, 0.15) is 12.5 Å². The Morgan fingerprint density at radius 3 is 2.68 bits per heavy atom. The van der Waals surface area contributed by atoms with Crippen LogP contribution in [0.3, 0.4) is 0 Å². The number of nitrogens with one attached hydrogen (secondary N) is 1. The first-order chi connectivity index (χ1) is 10.6. The molecule has 5 heteroatoms. The maximum absolute atomic E-state index is 12.1. The SMILES string of the molecule is C/C(=N/Nc1ccccc1Cl)c1cc2ccccc2oc1=O. The average molecular weight is 313 g/mol. The van der Waals surface area contributed by atoms with Gasteiger partial charge in [0.15, 0.2) is 0 Å². The Morgan fingerprint density at radius 1 is 1.14 bits per heavy atom. The number of hydrogen-bond donors (Lipinski definition) is 1. The lowest BCUT2D eigenvalue weighted by molar-refractivity contribution is 0.559. The van der Waals surface area contributed by atoms with Crippen molar-refractivity contribution in [2.45, 2.75) is 6.92 Å². The molecule has 3 rings (SSSR count). The van der Waals surface area contributed by atoms with Crippen molar-refractivity contribution in [1.29, 1.82) is 0 Å². The van der Waals surface area contributed by atoms with Crippen molar-refractivity contribution in [2.24, 2.45) is 5.10 Å². The number of anilines is 1. The van der Waals surface area contributed by atoms with Gasteiger partial charge in [0.05, 0.1) is 22.0 Å². The fourth-order valence-electron chi connectivity index (χ4n) is 2.07. The zero-order chi connectivity index (χ0) is 15.5. The lowest BCUT2D eigenvalue weighted by Gasteiger charge is -2.05. The molecule has 0 aliphatic rings. The van der Waals surface area contributed by atoms with Crippen molar-refractivity contribution >= 4 is 34.0 Å². The minimum atomic E-state index is -0.416. The number of hydrazone groups is 1. The van der Waals surface area contributed by atoms with Crippen molar-refractivity contribution < 1.29 is 4.42 Å². The van der Waals surface area contributed by atoms with E-state index >= 15 is 0 Å². The van der Waals surface area contributed by atoms with Gasteiger partial charge in [-0.2, -0.15) is 5.10 Å². The molecule has 0 bridgehead atoms. The van der Waals surface area contributed by atoms with E-state index in [0.29, 0.717) is 27.6 Å². The first kappa shape index (κ1) is 14.4. The molecule has 110 valence electrons. The number of fused-ring (bicyclic) bond motifs is 1. The lowest BCUT2D eigenvalue weighted by Crippen LogP contribution is -2.13. The van der Waals surface area contributed by atoms with Crippen LogP contribution in [0, 0.1) is 0 Å². The highest BCUT2D eigenvalue weighted by atomic mass is 35.5. The summed E-state index contributed by atoms with van der Waals surface area (Å²) in [5.74, 6) is 0. The van der Waals surface area contributed by atoms with Gasteiger partial charge >= 0.3 is 5.63 Å². The number of halogens is 1. The quantitative estimate of drug-likeness (QED) is 0.446.